The number of benzene rings is 2. The van der Waals surface area contributed by atoms with E-state index in [-0.39, 0.29) is 35.0 Å². The normalized spacial score (nSPS) is 39.7. The molecular formula is C34H44O20. The summed E-state index contributed by atoms with van der Waals surface area (Å²) in [4.78, 5) is 13.3. The second-order valence-corrected chi connectivity index (χ2v) is 13.4. The molecule has 2 aromatic rings. The Balaban J connectivity index is 1.17. The number of carbonyl (C=O) groups excluding carboxylic acids is 1. The largest absolute Gasteiger partial charge is 0.507 e. The van der Waals surface area contributed by atoms with Gasteiger partial charge in [0.2, 0.25) is 12.6 Å². The Kier molecular flexibility index (Phi) is 12.2. The smallest absolute Gasteiger partial charge is 0.229 e. The van der Waals surface area contributed by atoms with Gasteiger partial charge in [-0.2, -0.15) is 0 Å². The van der Waals surface area contributed by atoms with E-state index in [2.05, 4.69) is 0 Å². The molecule has 4 aliphatic heterocycles. The van der Waals surface area contributed by atoms with Crippen molar-refractivity contribution in [3.8, 4) is 28.7 Å². The summed E-state index contributed by atoms with van der Waals surface area (Å²) in [6.45, 7) is 0.219. The molecule has 0 saturated carbocycles. The van der Waals surface area contributed by atoms with Crippen LogP contribution in [-0.4, -0.2) is 174 Å². The number of ketones is 1. The molecule has 0 radical (unpaired) electrons. The highest BCUT2D eigenvalue weighted by molar-refractivity contribution is 6.02. The number of hydrogen-bond acceptors (Lipinski definition) is 20. The lowest BCUT2D eigenvalue weighted by Gasteiger charge is -2.42. The van der Waals surface area contributed by atoms with E-state index in [0.717, 1.165) is 6.07 Å². The number of ether oxygens (including phenoxy) is 8. The number of aliphatic hydroxyl groups excluding tert-OH is 10. The summed E-state index contributed by atoms with van der Waals surface area (Å²) in [5.41, 5.74) is 0.180. The lowest BCUT2D eigenvalue weighted by Crippen LogP contribution is -2.61. The van der Waals surface area contributed by atoms with Gasteiger partial charge in [0.25, 0.3) is 0 Å². The molecule has 16 atom stereocenters. The van der Waals surface area contributed by atoms with Crippen molar-refractivity contribution in [2.45, 2.75) is 112 Å². The van der Waals surface area contributed by atoms with Gasteiger partial charge in [0, 0.05) is 12.1 Å². The number of carbonyl (C=O) groups is 1. The van der Waals surface area contributed by atoms with Gasteiger partial charge < -0.3 is 94.1 Å². The van der Waals surface area contributed by atoms with Gasteiger partial charge in [0.1, 0.15) is 96.1 Å². The van der Waals surface area contributed by atoms with Gasteiger partial charge in [-0.05, 0) is 24.6 Å². The fraction of sp³-hybridized carbons (Fsp3) is 0.618. The summed E-state index contributed by atoms with van der Waals surface area (Å²) in [6, 6.07) is 6.74. The number of phenols is 1. The van der Waals surface area contributed by atoms with Crippen LogP contribution in [0.1, 0.15) is 35.4 Å². The molecule has 0 spiro atoms. The van der Waals surface area contributed by atoms with Crippen molar-refractivity contribution in [1.29, 1.82) is 0 Å². The first-order valence-electron chi connectivity index (χ1n) is 17.0. The van der Waals surface area contributed by atoms with Crippen LogP contribution in [0.15, 0.2) is 30.3 Å². The summed E-state index contributed by atoms with van der Waals surface area (Å²) in [5, 5.41) is 113. The van der Waals surface area contributed by atoms with Crippen molar-refractivity contribution in [3.63, 3.8) is 0 Å². The highest BCUT2D eigenvalue weighted by Gasteiger charge is 2.48. The fourth-order valence-electron chi connectivity index (χ4n) is 6.57. The van der Waals surface area contributed by atoms with E-state index in [0.29, 0.717) is 5.56 Å². The third kappa shape index (κ3) is 7.81. The standard InChI is InChI=1S/C34H44O20/c1-11-23(38)26(41)29(44)32(49-11)48-10-21-25(40)28(43)30(45)33(54-21)50-13-6-14(36)22-15(37)8-17(51-19(22)7-13)12-3-4-16(47-2)18(5-12)52-34-31(46)27(42)24(39)20(9-35)53-34/h3-7,11,17,20-21,23-36,38-46H,8-10H2,1-2H3/t11-,17-,20+,21+,23-,24+,25+,26+,27-,28-,29+,30+,31+,32+,33+,34+/m0/s1. The number of methoxy groups -OCH3 is 1. The van der Waals surface area contributed by atoms with Crippen LogP contribution in [-0.2, 0) is 18.9 Å². The average molecular weight is 773 g/mol. The third-order valence-corrected chi connectivity index (χ3v) is 9.78. The van der Waals surface area contributed by atoms with Crippen LogP contribution in [0.2, 0.25) is 0 Å². The number of hydrogen-bond donors (Lipinski definition) is 11. The molecule has 2 aromatic carbocycles. The fourth-order valence-corrected chi connectivity index (χ4v) is 6.57. The first kappa shape index (κ1) is 40.2. The quantitative estimate of drug-likeness (QED) is 0.111. The van der Waals surface area contributed by atoms with Gasteiger partial charge in [-0.25, -0.2) is 0 Å². The number of aliphatic hydroxyl groups is 10. The number of fused-ring (bicyclic) bond motifs is 1. The Hall–Kier alpha value is -3.45. The second kappa shape index (κ2) is 16.3. The van der Waals surface area contributed by atoms with Crippen molar-refractivity contribution in [1.82, 2.24) is 0 Å². The summed E-state index contributed by atoms with van der Waals surface area (Å²) >= 11 is 0. The Morgan fingerprint density at radius 3 is 1.98 bits per heavy atom. The van der Waals surface area contributed by atoms with Crippen molar-refractivity contribution in [3.05, 3.63) is 41.5 Å². The maximum atomic E-state index is 13.3. The number of phenolic OH excluding ortho intramolecular Hbond substituents is 1. The first-order chi connectivity index (χ1) is 25.6. The third-order valence-electron chi connectivity index (χ3n) is 9.78. The van der Waals surface area contributed by atoms with E-state index in [1.807, 2.05) is 0 Å². The van der Waals surface area contributed by atoms with E-state index in [4.69, 9.17) is 37.9 Å². The van der Waals surface area contributed by atoms with E-state index in [1.54, 1.807) is 6.07 Å². The predicted molar refractivity (Wildman–Crippen MR) is 173 cm³/mol. The second-order valence-electron chi connectivity index (χ2n) is 13.4. The van der Waals surface area contributed by atoms with Gasteiger partial charge in [-0.1, -0.05) is 6.07 Å². The molecule has 11 N–H and O–H groups in total. The average Bonchev–Trinajstić information content (AvgIpc) is 3.15. The Bertz CT molecular complexity index is 1620. The molecule has 20 heteroatoms. The van der Waals surface area contributed by atoms with Crippen molar-refractivity contribution < 1.29 is 98.9 Å². The van der Waals surface area contributed by atoms with Gasteiger partial charge in [0.05, 0.1) is 32.8 Å². The van der Waals surface area contributed by atoms with Gasteiger partial charge in [-0.3, -0.25) is 4.79 Å². The van der Waals surface area contributed by atoms with E-state index in [1.165, 1.54) is 32.2 Å². The summed E-state index contributed by atoms with van der Waals surface area (Å²) in [7, 11) is 1.34. The number of aromatic hydroxyl groups is 1. The zero-order valence-electron chi connectivity index (χ0n) is 28.8. The zero-order chi connectivity index (χ0) is 39.2. The predicted octanol–water partition coefficient (Wildman–Crippen LogP) is -3.68. The van der Waals surface area contributed by atoms with Gasteiger partial charge in [0.15, 0.2) is 23.6 Å². The highest BCUT2D eigenvalue weighted by atomic mass is 16.7. The molecular weight excluding hydrogens is 728 g/mol. The lowest BCUT2D eigenvalue weighted by molar-refractivity contribution is -0.318. The zero-order valence-corrected chi connectivity index (χ0v) is 28.8. The summed E-state index contributed by atoms with van der Waals surface area (Å²) in [5.74, 6) is -1.26. The molecule has 0 bridgehead atoms. The lowest BCUT2D eigenvalue weighted by atomic mass is 9.95. The molecule has 3 saturated heterocycles. The summed E-state index contributed by atoms with van der Waals surface area (Å²) in [6.07, 6.45) is -24.5. The minimum atomic E-state index is -1.83. The first-order valence-corrected chi connectivity index (χ1v) is 17.0. The Morgan fingerprint density at radius 1 is 0.704 bits per heavy atom. The van der Waals surface area contributed by atoms with Crippen LogP contribution >= 0.6 is 0 Å². The molecule has 0 unspecified atom stereocenters. The molecule has 6 rings (SSSR count). The summed E-state index contributed by atoms with van der Waals surface area (Å²) < 4.78 is 45.0. The Labute approximate surface area is 306 Å². The molecule has 3 fully saturated rings. The molecule has 20 nitrogen and oxygen atoms in total. The maximum Gasteiger partial charge on any atom is 0.229 e. The van der Waals surface area contributed by atoms with Crippen molar-refractivity contribution in [2.75, 3.05) is 20.3 Å². The van der Waals surface area contributed by atoms with E-state index >= 15 is 0 Å². The van der Waals surface area contributed by atoms with E-state index in [9.17, 15) is 61.0 Å². The van der Waals surface area contributed by atoms with Gasteiger partial charge >= 0.3 is 0 Å². The number of Topliss-reactive ketones (excluding diaryl/α,β-unsaturated/α-hetero) is 1. The molecule has 4 aliphatic rings. The van der Waals surface area contributed by atoms with Crippen molar-refractivity contribution in [2.24, 2.45) is 0 Å². The van der Waals surface area contributed by atoms with Crippen LogP contribution in [0.3, 0.4) is 0 Å². The Morgan fingerprint density at radius 2 is 1.31 bits per heavy atom. The van der Waals surface area contributed by atoms with Crippen LogP contribution in [0, 0.1) is 0 Å². The molecule has 300 valence electrons. The highest BCUT2D eigenvalue weighted by Crippen LogP contribution is 2.44. The molecule has 4 heterocycles. The minimum Gasteiger partial charge on any atom is -0.507 e. The van der Waals surface area contributed by atoms with Crippen LogP contribution in [0.4, 0.5) is 0 Å². The molecule has 54 heavy (non-hydrogen) atoms. The van der Waals surface area contributed by atoms with E-state index < -0.39 is 123 Å². The number of rotatable bonds is 10. The van der Waals surface area contributed by atoms with Crippen LogP contribution < -0.4 is 18.9 Å². The topological polar surface area (TPSA) is 313 Å². The van der Waals surface area contributed by atoms with Gasteiger partial charge in [-0.15, -0.1) is 0 Å². The molecule has 0 amide bonds. The maximum absolute atomic E-state index is 13.3. The SMILES string of the molecule is COc1ccc([C@@H]2CC(=O)c3c(O)cc(O[C@@H]4O[C@H](CO[C@@H]5O[C@@H](C)[C@H](O)[C@@H](O)[C@H]5O)[C@@H](O)[C@H](O)[C@H]4O)cc3O2)cc1O[C@@H]1O[C@H](CO)[C@@H](O)[C@H](O)[C@H]1O. The minimum absolute atomic E-state index is 0.0170. The van der Waals surface area contributed by atoms with Crippen molar-refractivity contribution >= 4 is 5.78 Å². The molecule has 0 aliphatic carbocycles. The van der Waals surface area contributed by atoms with Crippen LogP contribution in [0.25, 0.3) is 0 Å². The monoisotopic (exact) mass is 772 g/mol. The molecule has 0 aromatic heterocycles. The van der Waals surface area contributed by atoms with Crippen LogP contribution in [0.5, 0.6) is 28.7 Å².